The van der Waals surface area contributed by atoms with Crippen molar-refractivity contribution < 1.29 is 53.2 Å². The number of hydrogen-bond donors (Lipinski definition) is 0. The Morgan fingerprint density at radius 1 is 0.609 bits per heavy atom. The van der Waals surface area contributed by atoms with Crippen molar-refractivity contribution in [3.8, 4) is 0 Å². The fourth-order valence-corrected chi connectivity index (χ4v) is 1.17. The molecule has 0 unspecified atom stereocenters. The lowest BCUT2D eigenvalue weighted by molar-refractivity contribution is -0.386. The molecule has 130 valence electrons. The van der Waals surface area contributed by atoms with E-state index in [2.05, 4.69) is 9.31 Å². The summed E-state index contributed by atoms with van der Waals surface area (Å²) in [5, 5.41) is 0. The Hall–Kier alpha value is -1.50. The molecule has 0 atom stereocenters. The first-order valence-corrected chi connectivity index (χ1v) is 5.47. The number of hydrogen-bond acceptors (Lipinski definition) is 2. The standard InChI is InChI=1S/C10H5BF10O2/c12-7(13,14)9(18,19)22-11(6-4-2-1-3-5-6)23-10(20,21)8(15,16)17/h1-5H. The summed E-state index contributed by atoms with van der Waals surface area (Å²) in [5.74, 6) is 0. The predicted molar refractivity (Wildman–Crippen MR) is 56.0 cm³/mol. The number of alkyl halides is 10. The first-order chi connectivity index (χ1) is 10.2. The van der Waals surface area contributed by atoms with Crippen molar-refractivity contribution in [1.82, 2.24) is 0 Å². The van der Waals surface area contributed by atoms with Crippen molar-refractivity contribution >= 4 is 12.6 Å². The van der Waals surface area contributed by atoms with Gasteiger partial charge in [0.1, 0.15) is 0 Å². The average molecular weight is 358 g/mol. The van der Waals surface area contributed by atoms with Gasteiger partial charge in [-0.15, -0.1) is 0 Å². The van der Waals surface area contributed by atoms with Crippen LogP contribution < -0.4 is 5.46 Å². The Balaban J connectivity index is 3.15. The minimum absolute atomic E-state index is 0.670. The van der Waals surface area contributed by atoms with E-state index < -0.39 is 37.2 Å². The fourth-order valence-electron chi connectivity index (χ4n) is 1.17. The predicted octanol–water partition coefficient (Wildman–Crippen LogP) is 3.73. The van der Waals surface area contributed by atoms with Gasteiger partial charge in [-0.05, 0) is 5.46 Å². The molecule has 1 rings (SSSR count). The summed E-state index contributed by atoms with van der Waals surface area (Å²) in [4.78, 5) is 0. The van der Waals surface area contributed by atoms with Gasteiger partial charge in [0.15, 0.2) is 0 Å². The van der Waals surface area contributed by atoms with Crippen molar-refractivity contribution in [2.75, 3.05) is 0 Å². The quantitative estimate of drug-likeness (QED) is 0.590. The van der Waals surface area contributed by atoms with Gasteiger partial charge in [-0.1, -0.05) is 30.3 Å². The van der Waals surface area contributed by atoms with E-state index >= 15 is 0 Å². The van der Waals surface area contributed by atoms with Crippen LogP contribution in [0.4, 0.5) is 43.9 Å². The molecule has 2 nitrogen and oxygen atoms in total. The largest absolute Gasteiger partial charge is 0.502 e. The zero-order valence-corrected chi connectivity index (χ0v) is 10.6. The minimum atomic E-state index is -6.35. The molecule has 0 spiro atoms. The molecule has 0 saturated carbocycles. The van der Waals surface area contributed by atoms with Crippen LogP contribution in [0.2, 0.25) is 0 Å². The zero-order valence-electron chi connectivity index (χ0n) is 10.6. The highest BCUT2D eigenvalue weighted by molar-refractivity contribution is 6.61. The molecule has 0 aliphatic heterocycles. The van der Waals surface area contributed by atoms with Gasteiger partial charge in [-0.25, -0.2) is 0 Å². The monoisotopic (exact) mass is 358 g/mol. The number of halogens is 10. The van der Waals surface area contributed by atoms with Gasteiger partial charge in [0.05, 0.1) is 0 Å². The van der Waals surface area contributed by atoms with Crippen LogP contribution in [0.25, 0.3) is 0 Å². The van der Waals surface area contributed by atoms with Gasteiger partial charge in [-0.2, -0.15) is 43.9 Å². The van der Waals surface area contributed by atoms with Crippen molar-refractivity contribution in [1.29, 1.82) is 0 Å². The molecule has 0 fully saturated rings. The summed E-state index contributed by atoms with van der Waals surface area (Å²) in [6.07, 6.45) is -24.7. The maximum Gasteiger partial charge on any atom is 0.502 e. The molecule has 0 aliphatic carbocycles. The molecule has 0 radical (unpaired) electrons. The van der Waals surface area contributed by atoms with Gasteiger partial charge in [0.25, 0.3) is 0 Å². The van der Waals surface area contributed by atoms with Crippen molar-refractivity contribution in [3.05, 3.63) is 30.3 Å². The third-order valence-corrected chi connectivity index (χ3v) is 2.24. The van der Waals surface area contributed by atoms with E-state index in [1.807, 2.05) is 0 Å². The topological polar surface area (TPSA) is 18.5 Å². The smallest absolute Gasteiger partial charge is 0.341 e. The lowest BCUT2D eigenvalue weighted by Gasteiger charge is -2.27. The van der Waals surface area contributed by atoms with Gasteiger partial charge in [0, 0.05) is 0 Å². The van der Waals surface area contributed by atoms with Crippen molar-refractivity contribution in [2.24, 2.45) is 0 Å². The van der Waals surface area contributed by atoms with E-state index in [0.717, 1.165) is 12.1 Å². The van der Waals surface area contributed by atoms with Crippen LogP contribution in [0.1, 0.15) is 0 Å². The second-order valence-electron chi connectivity index (χ2n) is 4.01. The first-order valence-electron chi connectivity index (χ1n) is 5.47. The molecule has 0 bridgehead atoms. The Morgan fingerprint density at radius 3 is 1.26 bits per heavy atom. The summed E-state index contributed by atoms with van der Waals surface area (Å²) in [6.45, 7) is 0. The minimum Gasteiger partial charge on any atom is -0.341 e. The van der Waals surface area contributed by atoms with E-state index in [9.17, 15) is 43.9 Å². The van der Waals surface area contributed by atoms with E-state index in [-0.39, 0.29) is 0 Å². The number of rotatable bonds is 5. The molecule has 23 heavy (non-hydrogen) atoms. The average Bonchev–Trinajstić information content (AvgIpc) is 2.35. The maximum absolute atomic E-state index is 12.8. The normalized spacial score (nSPS) is 14.0. The van der Waals surface area contributed by atoms with Crippen LogP contribution in [-0.4, -0.2) is 31.7 Å². The van der Waals surface area contributed by atoms with Crippen LogP contribution in [0.15, 0.2) is 30.3 Å². The maximum atomic E-state index is 12.8. The second kappa shape index (κ2) is 6.19. The lowest BCUT2D eigenvalue weighted by atomic mass is 9.78. The van der Waals surface area contributed by atoms with Crippen LogP contribution in [0.5, 0.6) is 0 Å². The molecular weight excluding hydrogens is 353 g/mol. The second-order valence-corrected chi connectivity index (χ2v) is 4.01. The third kappa shape index (κ3) is 4.74. The summed E-state index contributed by atoms with van der Waals surface area (Å²) in [5.41, 5.74) is -0.902. The van der Waals surface area contributed by atoms with Crippen molar-refractivity contribution in [2.45, 2.75) is 24.6 Å². The highest BCUT2D eigenvalue weighted by Gasteiger charge is 2.65. The molecule has 1 aromatic carbocycles. The van der Waals surface area contributed by atoms with Gasteiger partial charge in [-0.3, -0.25) is 0 Å². The molecule has 0 N–H and O–H groups in total. The summed E-state index contributed by atoms with van der Waals surface area (Å²) >= 11 is 0. The summed E-state index contributed by atoms with van der Waals surface area (Å²) in [7, 11) is -3.33. The van der Waals surface area contributed by atoms with E-state index in [0.29, 0.717) is 12.1 Å². The van der Waals surface area contributed by atoms with Crippen molar-refractivity contribution in [3.63, 3.8) is 0 Å². The first kappa shape index (κ1) is 19.6. The molecular formula is C10H5BF10O2. The van der Waals surface area contributed by atoms with Crippen LogP contribution in [0, 0.1) is 0 Å². The molecule has 0 amide bonds. The van der Waals surface area contributed by atoms with E-state index in [1.165, 1.54) is 6.07 Å². The SMILES string of the molecule is FC(F)(F)C(F)(F)OB(OC(F)(F)C(F)(F)F)c1ccccc1. The zero-order chi connectivity index (χ0) is 18.1. The van der Waals surface area contributed by atoms with Gasteiger partial charge >= 0.3 is 31.7 Å². The Labute approximate surface area is 122 Å². The van der Waals surface area contributed by atoms with Crippen LogP contribution in [-0.2, 0) is 9.31 Å². The fraction of sp³-hybridized carbons (Fsp3) is 0.400. The molecule has 0 aromatic heterocycles. The molecule has 0 aliphatic rings. The Bertz CT molecular complexity index is 485. The van der Waals surface area contributed by atoms with E-state index in [1.54, 1.807) is 0 Å². The lowest BCUT2D eigenvalue weighted by Crippen LogP contribution is -2.54. The summed E-state index contributed by atoms with van der Waals surface area (Å²) in [6, 6.07) is 4.50. The van der Waals surface area contributed by atoms with Crippen LogP contribution in [0.3, 0.4) is 0 Å². The highest BCUT2D eigenvalue weighted by Crippen LogP contribution is 2.40. The van der Waals surface area contributed by atoms with E-state index in [4.69, 9.17) is 0 Å². The summed E-state index contributed by atoms with van der Waals surface area (Å²) < 4.78 is 129. The molecule has 0 heterocycles. The number of benzene rings is 1. The third-order valence-electron chi connectivity index (χ3n) is 2.24. The molecule has 1 aromatic rings. The molecule has 0 saturated heterocycles. The Kier molecular flexibility index (Phi) is 5.26. The van der Waals surface area contributed by atoms with Gasteiger partial charge < -0.3 is 9.31 Å². The Morgan fingerprint density at radius 2 is 0.957 bits per heavy atom. The highest BCUT2D eigenvalue weighted by atomic mass is 19.4. The van der Waals surface area contributed by atoms with Crippen LogP contribution >= 0.6 is 0 Å². The van der Waals surface area contributed by atoms with Gasteiger partial charge in [0.2, 0.25) is 0 Å². The molecule has 13 heteroatoms.